The molecule has 1 aliphatic rings. The Kier molecular flexibility index (Phi) is 8.82. The summed E-state index contributed by atoms with van der Waals surface area (Å²) in [6, 6.07) is 11.7. The lowest BCUT2D eigenvalue weighted by molar-refractivity contribution is 0.0628. The maximum atomic E-state index is 13.5. The van der Waals surface area contributed by atoms with Crippen LogP contribution in [0.2, 0.25) is 0 Å². The Morgan fingerprint density at radius 2 is 1.78 bits per heavy atom. The molecule has 2 N–H and O–H groups in total. The van der Waals surface area contributed by atoms with E-state index in [1.165, 1.54) is 12.1 Å². The third-order valence-corrected chi connectivity index (χ3v) is 4.49. The number of halogens is 3. The lowest BCUT2D eigenvalue weighted by Crippen LogP contribution is -2.48. The molecule has 0 aromatic heterocycles. The summed E-state index contributed by atoms with van der Waals surface area (Å²) in [5, 5.41) is 0. The van der Waals surface area contributed by atoms with Gasteiger partial charge in [-0.1, -0.05) is 12.1 Å². The molecule has 1 amide bonds. The van der Waals surface area contributed by atoms with Crippen LogP contribution in [0.5, 0.6) is 5.75 Å². The second-order valence-electron chi connectivity index (χ2n) is 6.11. The summed E-state index contributed by atoms with van der Waals surface area (Å²) >= 11 is 0. The van der Waals surface area contributed by atoms with E-state index in [1.807, 2.05) is 17.0 Å². The van der Waals surface area contributed by atoms with Crippen molar-refractivity contribution >= 4 is 36.4 Å². The van der Waals surface area contributed by atoms with Gasteiger partial charge in [0.1, 0.15) is 11.6 Å². The van der Waals surface area contributed by atoms with Crippen LogP contribution in [0.4, 0.5) is 10.1 Å². The molecule has 3 rings (SSSR count). The summed E-state index contributed by atoms with van der Waals surface area (Å²) in [6.45, 7) is 3.27. The number of carbonyl (C=O) groups excluding carboxylic acids is 1. The van der Waals surface area contributed by atoms with Crippen LogP contribution in [0.15, 0.2) is 42.5 Å². The van der Waals surface area contributed by atoms with Crippen LogP contribution in [0.1, 0.15) is 15.9 Å². The number of carbonyl (C=O) groups is 1. The number of amides is 1. The van der Waals surface area contributed by atoms with E-state index in [-0.39, 0.29) is 36.5 Å². The molecular weight excluding hydrogens is 392 g/mol. The molecular formula is C19H24Cl2FN3O2. The highest BCUT2D eigenvalue weighted by Gasteiger charge is 2.23. The van der Waals surface area contributed by atoms with Gasteiger partial charge in [0.15, 0.2) is 0 Å². The smallest absolute Gasteiger partial charge is 0.256 e. The molecule has 0 radical (unpaired) electrons. The molecule has 2 aromatic rings. The number of nitrogens with two attached hydrogens (primary N) is 1. The molecule has 8 heteroatoms. The van der Waals surface area contributed by atoms with E-state index < -0.39 is 0 Å². The predicted octanol–water partition coefficient (Wildman–Crippen LogP) is 3.22. The van der Waals surface area contributed by atoms with Gasteiger partial charge in [0.25, 0.3) is 5.91 Å². The van der Waals surface area contributed by atoms with Crippen LogP contribution < -0.4 is 10.5 Å². The fourth-order valence-corrected chi connectivity index (χ4v) is 3.08. The van der Waals surface area contributed by atoms with Gasteiger partial charge in [-0.05, 0) is 30.3 Å². The minimum absolute atomic E-state index is 0. The third-order valence-electron chi connectivity index (χ3n) is 4.49. The number of piperazine rings is 1. The first-order chi connectivity index (χ1) is 12.1. The molecule has 2 aromatic carbocycles. The summed E-state index contributed by atoms with van der Waals surface area (Å²) in [7, 11) is 1.58. The lowest BCUT2D eigenvalue weighted by Gasteiger charge is -2.35. The number of ether oxygens (including phenoxy) is 1. The molecule has 148 valence electrons. The molecule has 0 saturated carbocycles. The van der Waals surface area contributed by atoms with Gasteiger partial charge < -0.3 is 15.4 Å². The summed E-state index contributed by atoms with van der Waals surface area (Å²) in [5.74, 6) is 0.363. The first-order valence-electron chi connectivity index (χ1n) is 8.27. The minimum Gasteiger partial charge on any atom is -0.496 e. The Morgan fingerprint density at radius 3 is 2.41 bits per heavy atom. The third kappa shape index (κ3) is 5.48. The van der Waals surface area contributed by atoms with Crippen molar-refractivity contribution in [2.45, 2.75) is 6.54 Å². The van der Waals surface area contributed by atoms with Gasteiger partial charge in [-0.15, -0.1) is 24.8 Å². The molecule has 0 spiro atoms. The quantitative estimate of drug-likeness (QED) is 0.778. The molecule has 1 fully saturated rings. The van der Waals surface area contributed by atoms with Crippen LogP contribution in [-0.4, -0.2) is 49.0 Å². The highest BCUT2D eigenvalue weighted by molar-refractivity contribution is 5.99. The number of nitrogens with zero attached hydrogens (tertiary/aromatic N) is 2. The number of benzene rings is 2. The zero-order valence-electron chi connectivity index (χ0n) is 15.1. The zero-order chi connectivity index (χ0) is 17.8. The van der Waals surface area contributed by atoms with Crippen molar-refractivity contribution in [3.63, 3.8) is 0 Å². The maximum Gasteiger partial charge on any atom is 0.256 e. The molecule has 0 atom stereocenters. The van der Waals surface area contributed by atoms with Crippen molar-refractivity contribution in [3.8, 4) is 5.75 Å². The van der Waals surface area contributed by atoms with E-state index >= 15 is 0 Å². The fourth-order valence-electron chi connectivity index (χ4n) is 3.08. The number of para-hydroxylation sites is 1. The SMILES string of the molecule is COc1ccc(F)cc1CN1CCN(C(=O)c2ccccc2N)CC1.Cl.Cl. The van der Waals surface area contributed by atoms with E-state index in [0.29, 0.717) is 36.6 Å². The average molecular weight is 416 g/mol. The van der Waals surface area contributed by atoms with E-state index in [2.05, 4.69) is 4.90 Å². The van der Waals surface area contributed by atoms with Gasteiger partial charge in [0.05, 0.1) is 12.7 Å². The highest BCUT2D eigenvalue weighted by Crippen LogP contribution is 2.22. The highest BCUT2D eigenvalue weighted by atomic mass is 35.5. The molecule has 0 unspecified atom stereocenters. The van der Waals surface area contributed by atoms with Crippen molar-refractivity contribution in [2.24, 2.45) is 0 Å². The average Bonchev–Trinajstić information content (AvgIpc) is 2.62. The van der Waals surface area contributed by atoms with Crippen molar-refractivity contribution in [2.75, 3.05) is 39.0 Å². The van der Waals surface area contributed by atoms with Gasteiger partial charge in [0.2, 0.25) is 0 Å². The normalized spacial score (nSPS) is 14.1. The summed E-state index contributed by atoms with van der Waals surface area (Å²) in [4.78, 5) is 16.6. The Bertz CT molecular complexity index is 768. The monoisotopic (exact) mass is 415 g/mol. The number of methoxy groups -OCH3 is 1. The fraction of sp³-hybridized carbons (Fsp3) is 0.316. The number of anilines is 1. The van der Waals surface area contributed by atoms with Crippen molar-refractivity contribution < 1.29 is 13.9 Å². The maximum absolute atomic E-state index is 13.5. The molecule has 0 aliphatic carbocycles. The molecule has 27 heavy (non-hydrogen) atoms. The van der Waals surface area contributed by atoms with Crippen molar-refractivity contribution in [3.05, 3.63) is 59.4 Å². The van der Waals surface area contributed by atoms with Crippen LogP contribution in [0, 0.1) is 5.82 Å². The molecule has 0 bridgehead atoms. The van der Waals surface area contributed by atoms with Gasteiger partial charge in [-0.3, -0.25) is 9.69 Å². The first-order valence-corrected chi connectivity index (χ1v) is 8.27. The van der Waals surface area contributed by atoms with Gasteiger partial charge >= 0.3 is 0 Å². The lowest BCUT2D eigenvalue weighted by atomic mass is 10.1. The Hall–Kier alpha value is -2.02. The summed E-state index contributed by atoms with van der Waals surface area (Å²) in [5.41, 5.74) is 7.75. The Morgan fingerprint density at radius 1 is 1.11 bits per heavy atom. The number of nitrogen functional groups attached to an aromatic ring is 1. The number of rotatable bonds is 4. The van der Waals surface area contributed by atoms with Crippen LogP contribution in [0.3, 0.4) is 0 Å². The van der Waals surface area contributed by atoms with E-state index in [1.54, 1.807) is 25.3 Å². The van der Waals surface area contributed by atoms with E-state index in [4.69, 9.17) is 10.5 Å². The topological polar surface area (TPSA) is 58.8 Å². The van der Waals surface area contributed by atoms with Gasteiger partial charge in [-0.25, -0.2) is 4.39 Å². The van der Waals surface area contributed by atoms with Crippen LogP contribution >= 0.6 is 24.8 Å². The Balaban J connectivity index is 0.00000182. The number of hydrogen-bond acceptors (Lipinski definition) is 4. The molecule has 1 saturated heterocycles. The second-order valence-corrected chi connectivity index (χ2v) is 6.11. The van der Waals surface area contributed by atoms with Crippen LogP contribution in [-0.2, 0) is 6.54 Å². The van der Waals surface area contributed by atoms with Crippen LogP contribution in [0.25, 0.3) is 0 Å². The first kappa shape index (κ1) is 23.0. The molecule has 5 nitrogen and oxygen atoms in total. The van der Waals surface area contributed by atoms with Crippen molar-refractivity contribution in [1.82, 2.24) is 9.80 Å². The molecule has 1 aliphatic heterocycles. The summed E-state index contributed by atoms with van der Waals surface area (Å²) < 4.78 is 18.8. The van der Waals surface area contributed by atoms with E-state index in [0.717, 1.165) is 18.7 Å². The Labute approximate surface area is 171 Å². The van der Waals surface area contributed by atoms with Gasteiger partial charge in [-0.2, -0.15) is 0 Å². The number of hydrogen-bond donors (Lipinski definition) is 1. The largest absolute Gasteiger partial charge is 0.496 e. The van der Waals surface area contributed by atoms with Gasteiger partial charge in [0, 0.05) is 44.0 Å². The van der Waals surface area contributed by atoms with E-state index in [9.17, 15) is 9.18 Å². The summed E-state index contributed by atoms with van der Waals surface area (Å²) in [6.07, 6.45) is 0. The zero-order valence-corrected chi connectivity index (χ0v) is 16.7. The van der Waals surface area contributed by atoms with Crippen molar-refractivity contribution in [1.29, 1.82) is 0 Å². The second kappa shape index (κ2) is 10.3. The minimum atomic E-state index is -0.274. The standard InChI is InChI=1S/C19H22FN3O2.2ClH/c1-25-18-7-6-15(20)12-14(18)13-22-8-10-23(11-9-22)19(24)16-4-2-3-5-17(16)21;;/h2-7,12H,8-11,13,21H2,1H3;2*1H. The predicted molar refractivity (Wildman–Crippen MR) is 109 cm³/mol. The molecule has 1 heterocycles.